The Bertz CT molecular complexity index is 534. The van der Waals surface area contributed by atoms with E-state index in [9.17, 15) is 8.42 Å². The molecule has 1 heterocycles. The minimum Gasteiger partial charge on any atom is -0.323 e. The normalized spacial score (nSPS) is 26.8. The van der Waals surface area contributed by atoms with Crippen LogP contribution in [0.5, 0.6) is 0 Å². The summed E-state index contributed by atoms with van der Waals surface area (Å²) in [5.41, 5.74) is 8.91. The molecule has 1 aromatic rings. The van der Waals surface area contributed by atoms with Crippen LogP contribution in [-0.4, -0.2) is 13.7 Å². The van der Waals surface area contributed by atoms with E-state index in [1.165, 1.54) is 0 Å². The first-order valence-electron chi connectivity index (χ1n) is 5.50. The molecule has 0 amide bonds. The Kier molecular flexibility index (Phi) is 2.59. The predicted molar refractivity (Wildman–Crippen MR) is 64.1 cm³/mol. The molecule has 88 valence electrons. The van der Waals surface area contributed by atoms with Crippen molar-refractivity contribution in [3.63, 3.8) is 0 Å². The monoisotopic (exact) mass is 239 g/mol. The molecule has 0 aromatic heterocycles. The van der Waals surface area contributed by atoms with Crippen molar-refractivity contribution < 1.29 is 8.42 Å². The van der Waals surface area contributed by atoms with Crippen molar-refractivity contribution in [2.45, 2.75) is 43.4 Å². The highest BCUT2D eigenvalue weighted by atomic mass is 32.2. The predicted octanol–water partition coefficient (Wildman–Crippen LogP) is 1.87. The van der Waals surface area contributed by atoms with Crippen LogP contribution >= 0.6 is 0 Å². The van der Waals surface area contributed by atoms with Crippen LogP contribution in [0.2, 0.25) is 0 Å². The molecule has 0 fully saturated rings. The van der Waals surface area contributed by atoms with Gasteiger partial charge in [-0.15, -0.1) is 0 Å². The van der Waals surface area contributed by atoms with E-state index >= 15 is 0 Å². The molecule has 1 aromatic carbocycles. The Morgan fingerprint density at radius 1 is 1.25 bits per heavy atom. The summed E-state index contributed by atoms with van der Waals surface area (Å²) in [6.45, 7) is 5.78. The third-order valence-electron chi connectivity index (χ3n) is 3.49. The highest BCUT2D eigenvalue weighted by Crippen LogP contribution is 2.40. The summed E-state index contributed by atoms with van der Waals surface area (Å²) in [7, 11) is -3.21. The van der Waals surface area contributed by atoms with Gasteiger partial charge in [0.15, 0.2) is 9.84 Å². The maximum absolute atomic E-state index is 12.2. The first kappa shape index (κ1) is 11.6. The number of benzene rings is 1. The smallest absolute Gasteiger partial charge is 0.183 e. The van der Waals surface area contributed by atoms with Gasteiger partial charge in [0, 0.05) is 6.04 Å². The largest absolute Gasteiger partial charge is 0.323 e. The molecular weight excluding hydrogens is 222 g/mol. The standard InChI is InChI=1S/C12H17NO2S/c1-4-10-12(13)9-5-7(2)8(3)6-11(9)16(10,14)15/h5-6,10,12H,4,13H2,1-3H3. The number of fused-ring (bicyclic) bond motifs is 1. The second-order valence-corrected chi connectivity index (χ2v) is 6.63. The number of sulfone groups is 1. The van der Waals surface area contributed by atoms with Gasteiger partial charge in [-0.05, 0) is 43.0 Å². The van der Waals surface area contributed by atoms with Crippen molar-refractivity contribution in [2.75, 3.05) is 0 Å². The summed E-state index contributed by atoms with van der Waals surface area (Å²) in [6.07, 6.45) is 0.566. The fraction of sp³-hybridized carbons (Fsp3) is 0.500. The highest BCUT2D eigenvalue weighted by molar-refractivity contribution is 7.92. The quantitative estimate of drug-likeness (QED) is 0.814. The molecule has 0 spiro atoms. The number of nitrogens with two attached hydrogens (primary N) is 1. The lowest BCUT2D eigenvalue weighted by Crippen LogP contribution is -2.25. The zero-order valence-corrected chi connectivity index (χ0v) is 10.6. The van der Waals surface area contributed by atoms with E-state index in [-0.39, 0.29) is 6.04 Å². The minimum absolute atomic E-state index is 0.371. The molecule has 0 radical (unpaired) electrons. The first-order valence-corrected chi connectivity index (χ1v) is 7.04. The molecule has 2 atom stereocenters. The van der Waals surface area contributed by atoms with Gasteiger partial charge in [-0.25, -0.2) is 8.42 Å². The number of hydrogen-bond acceptors (Lipinski definition) is 3. The zero-order valence-electron chi connectivity index (χ0n) is 9.82. The van der Waals surface area contributed by atoms with Gasteiger partial charge in [-0.2, -0.15) is 0 Å². The van der Waals surface area contributed by atoms with Crippen LogP contribution in [-0.2, 0) is 9.84 Å². The second-order valence-electron chi connectivity index (χ2n) is 4.49. The fourth-order valence-corrected chi connectivity index (χ4v) is 4.51. The van der Waals surface area contributed by atoms with Crippen molar-refractivity contribution in [1.29, 1.82) is 0 Å². The second kappa shape index (κ2) is 3.57. The molecule has 0 aliphatic carbocycles. The van der Waals surface area contributed by atoms with E-state index in [1.807, 2.05) is 26.8 Å². The van der Waals surface area contributed by atoms with Gasteiger partial charge in [0.05, 0.1) is 10.1 Å². The van der Waals surface area contributed by atoms with E-state index < -0.39 is 15.1 Å². The van der Waals surface area contributed by atoms with E-state index in [4.69, 9.17) is 5.73 Å². The summed E-state index contributed by atoms with van der Waals surface area (Å²) >= 11 is 0. The van der Waals surface area contributed by atoms with Crippen LogP contribution in [0.3, 0.4) is 0 Å². The lowest BCUT2D eigenvalue weighted by molar-refractivity contribution is 0.567. The van der Waals surface area contributed by atoms with Crippen LogP contribution in [0.15, 0.2) is 17.0 Å². The SMILES string of the molecule is CCC1C(N)c2cc(C)c(C)cc2S1(=O)=O. The number of hydrogen-bond donors (Lipinski definition) is 1. The Morgan fingerprint density at radius 2 is 1.81 bits per heavy atom. The average Bonchev–Trinajstić information content (AvgIpc) is 2.37. The third-order valence-corrected chi connectivity index (χ3v) is 5.88. The molecule has 2 N–H and O–H groups in total. The summed E-state index contributed by atoms with van der Waals surface area (Å²) in [4.78, 5) is 0.440. The average molecular weight is 239 g/mol. The van der Waals surface area contributed by atoms with Crippen LogP contribution in [0, 0.1) is 13.8 Å². The third kappa shape index (κ3) is 1.40. The summed E-state index contributed by atoms with van der Waals surface area (Å²) in [5, 5.41) is -0.455. The molecule has 2 unspecified atom stereocenters. The summed E-state index contributed by atoms with van der Waals surface area (Å²) in [5.74, 6) is 0. The van der Waals surface area contributed by atoms with Gasteiger partial charge in [-0.3, -0.25) is 0 Å². The molecule has 0 saturated carbocycles. The molecule has 4 heteroatoms. The summed E-state index contributed by atoms with van der Waals surface area (Å²) in [6, 6.07) is 3.31. The van der Waals surface area contributed by atoms with E-state index in [0.29, 0.717) is 11.3 Å². The van der Waals surface area contributed by atoms with Gasteiger partial charge < -0.3 is 5.73 Å². The van der Waals surface area contributed by atoms with E-state index in [2.05, 4.69) is 0 Å². The van der Waals surface area contributed by atoms with Gasteiger partial charge in [0.1, 0.15) is 0 Å². The Morgan fingerprint density at radius 3 is 2.38 bits per heavy atom. The summed E-state index contributed by atoms with van der Waals surface area (Å²) < 4.78 is 24.4. The van der Waals surface area contributed by atoms with Gasteiger partial charge in [-0.1, -0.05) is 13.0 Å². The maximum Gasteiger partial charge on any atom is 0.183 e. The van der Waals surface area contributed by atoms with Crippen LogP contribution in [0.1, 0.15) is 36.1 Å². The molecule has 0 bridgehead atoms. The molecule has 1 aliphatic rings. The minimum atomic E-state index is -3.21. The van der Waals surface area contributed by atoms with E-state index in [1.54, 1.807) is 6.07 Å². The highest BCUT2D eigenvalue weighted by Gasteiger charge is 2.42. The molecule has 16 heavy (non-hydrogen) atoms. The Labute approximate surface area is 96.6 Å². The topological polar surface area (TPSA) is 60.2 Å². The number of rotatable bonds is 1. The maximum atomic E-state index is 12.2. The van der Waals surface area contributed by atoms with Crippen molar-refractivity contribution in [1.82, 2.24) is 0 Å². The molecular formula is C12H17NO2S. The van der Waals surface area contributed by atoms with Crippen molar-refractivity contribution in [3.8, 4) is 0 Å². The number of aryl methyl sites for hydroxylation is 2. The molecule has 1 aliphatic heterocycles. The van der Waals surface area contributed by atoms with Gasteiger partial charge in [0.2, 0.25) is 0 Å². The first-order chi connectivity index (χ1) is 7.39. The Hall–Kier alpha value is -0.870. The lowest BCUT2D eigenvalue weighted by Gasteiger charge is -2.11. The molecule has 2 rings (SSSR count). The van der Waals surface area contributed by atoms with Gasteiger partial charge in [0.25, 0.3) is 0 Å². The van der Waals surface area contributed by atoms with Crippen LogP contribution in [0.25, 0.3) is 0 Å². The lowest BCUT2D eigenvalue weighted by atomic mass is 9.99. The molecule has 3 nitrogen and oxygen atoms in total. The van der Waals surface area contributed by atoms with Gasteiger partial charge >= 0.3 is 0 Å². The van der Waals surface area contributed by atoms with Crippen LogP contribution in [0.4, 0.5) is 0 Å². The zero-order chi connectivity index (χ0) is 12.1. The van der Waals surface area contributed by atoms with Crippen molar-refractivity contribution >= 4 is 9.84 Å². The van der Waals surface area contributed by atoms with Crippen molar-refractivity contribution in [2.24, 2.45) is 5.73 Å². The van der Waals surface area contributed by atoms with Crippen molar-refractivity contribution in [3.05, 3.63) is 28.8 Å². The van der Waals surface area contributed by atoms with Crippen LogP contribution < -0.4 is 5.73 Å². The van der Waals surface area contributed by atoms with E-state index in [0.717, 1.165) is 16.7 Å². The molecule has 0 saturated heterocycles. The fourth-order valence-electron chi connectivity index (χ4n) is 2.35. The Balaban J connectivity index is 2.73.